The molecule has 1 aromatic carbocycles. The second-order valence-electron chi connectivity index (χ2n) is 5.83. The van der Waals surface area contributed by atoms with Crippen LogP contribution in [0.1, 0.15) is 40.2 Å². The second kappa shape index (κ2) is 6.09. The molecule has 0 amide bonds. The van der Waals surface area contributed by atoms with Crippen molar-refractivity contribution in [3.8, 4) is 0 Å². The van der Waals surface area contributed by atoms with Gasteiger partial charge in [0.05, 0.1) is 0 Å². The monoisotopic (exact) mass is 263 g/mol. The van der Waals surface area contributed by atoms with Crippen molar-refractivity contribution in [3.05, 3.63) is 29.8 Å². The maximum atomic E-state index is 12.1. The first kappa shape index (κ1) is 15.5. The molecule has 0 N–H and O–H groups in total. The normalized spacial score (nSPS) is 12.9. The minimum atomic E-state index is -0.446. The summed E-state index contributed by atoms with van der Waals surface area (Å²) >= 11 is 0. The van der Waals surface area contributed by atoms with Crippen molar-refractivity contribution < 1.29 is 9.53 Å². The third-order valence-electron chi connectivity index (χ3n) is 2.92. The van der Waals surface area contributed by atoms with E-state index in [0.717, 1.165) is 12.2 Å². The van der Waals surface area contributed by atoms with Crippen LogP contribution in [0.4, 0.5) is 5.69 Å². The van der Waals surface area contributed by atoms with E-state index in [9.17, 15) is 4.79 Å². The number of esters is 1. The highest BCUT2D eigenvalue weighted by Crippen LogP contribution is 2.19. The van der Waals surface area contributed by atoms with Gasteiger partial charge in [0.15, 0.2) is 0 Å². The minimum Gasteiger partial charge on any atom is -0.458 e. The molecular formula is C16H25NO2. The average molecular weight is 263 g/mol. The summed E-state index contributed by atoms with van der Waals surface area (Å²) in [7, 11) is 0. The number of carbonyl (C=O) groups is 1. The first-order chi connectivity index (χ1) is 8.74. The highest BCUT2D eigenvalue weighted by atomic mass is 16.6. The summed E-state index contributed by atoms with van der Waals surface area (Å²) in [5, 5.41) is 0. The van der Waals surface area contributed by atoms with Gasteiger partial charge in [0.2, 0.25) is 0 Å². The molecule has 0 aliphatic rings. The third kappa shape index (κ3) is 4.58. The molecule has 0 aliphatic carbocycles. The van der Waals surface area contributed by atoms with Gasteiger partial charge in [-0.15, -0.1) is 0 Å². The van der Waals surface area contributed by atoms with Crippen molar-refractivity contribution in [1.29, 1.82) is 0 Å². The molecule has 0 saturated carbocycles. The van der Waals surface area contributed by atoms with E-state index in [1.807, 2.05) is 51.7 Å². The molecular weight excluding hydrogens is 238 g/mol. The van der Waals surface area contributed by atoms with Gasteiger partial charge < -0.3 is 9.64 Å². The van der Waals surface area contributed by atoms with Gasteiger partial charge in [-0.2, -0.15) is 0 Å². The molecule has 3 heteroatoms. The maximum absolute atomic E-state index is 12.1. The highest BCUT2D eigenvalue weighted by molar-refractivity contribution is 5.80. The lowest BCUT2D eigenvalue weighted by atomic mass is 10.1. The molecule has 0 spiro atoms. The number of hydrogen-bond acceptors (Lipinski definition) is 3. The Morgan fingerprint density at radius 3 is 2.21 bits per heavy atom. The van der Waals surface area contributed by atoms with Gasteiger partial charge >= 0.3 is 5.97 Å². The summed E-state index contributed by atoms with van der Waals surface area (Å²) in [5.74, 6) is -0.185. The van der Waals surface area contributed by atoms with Crippen molar-refractivity contribution in [2.24, 2.45) is 0 Å². The summed E-state index contributed by atoms with van der Waals surface area (Å²) < 4.78 is 5.45. The topological polar surface area (TPSA) is 29.5 Å². The van der Waals surface area contributed by atoms with Crippen LogP contribution in [0.5, 0.6) is 0 Å². The van der Waals surface area contributed by atoms with E-state index in [1.54, 1.807) is 0 Å². The zero-order chi connectivity index (χ0) is 14.6. The van der Waals surface area contributed by atoms with E-state index in [0.29, 0.717) is 0 Å². The SMILES string of the molecule is CCN(c1ccc(C)cc1)C(C)C(=O)OC(C)(C)C. The lowest BCUT2D eigenvalue weighted by Gasteiger charge is -2.31. The van der Waals surface area contributed by atoms with Gasteiger partial charge in [-0.25, -0.2) is 4.79 Å². The predicted molar refractivity (Wildman–Crippen MR) is 79.5 cm³/mol. The molecule has 1 unspecified atom stereocenters. The predicted octanol–water partition coefficient (Wildman–Crippen LogP) is 3.55. The fourth-order valence-electron chi connectivity index (χ4n) is 1.93. The van der Waals surface area contributed by atoms with E-state index < -0.39 is 5.60 Å². The summed E-state index contributed by atoms with van der Waals surface area (Å²) in [6.07, 6.45) is 0. The van der Waals surface area contributed by atoms with Crippen LogP contribution in [0.15, 0.2) is 24.3 Å². The minimum absolute atomic E-state index is 0.185. The van der Waals surface area contributed by atoms with Crippen molar-refractivity contribution in [3.63, 3.8) is 0 Å². The Balaban J connectivity index is 2.85. The standard InChI is InChI=1S/C16H25NO2/c1-7-17(14-10-8-12(2)9-11-14)13(3)15(18)19-16(4,5)6/h8-11,13H,7H2,1-6H3. The van der Waals surface area contributed by atoms with Crippen LogP contribution < -0.4 is 4.90 Å². The Labute approximate surface area is 116 Å². The molecule has 0 aromatic heterocycles. The van der Waals surface area contributed by atoms with E-state index in [-0.39, 0.29) is 12.0 Å². The van der Waals surface area contributed by atoms with Gasteiger partial charge in [0, 0.05) is 12.2 Å². The molecule has 19 heavy (non-hydrogen) atoms. The zero-order valence-corrected chi connectivity index (χ0v) is 12.9. The lowest BCUT2D eigenvalue weighted by molar-refractivity contribution is -0.156. The first-order valence-electron chi connectivity index (χ1n) is 6.80. The number of benzene rings is 1. The van der Waals surface area contributed by atoms with Crippen LogP contribution in [-0.2, 0) is 9.53 Å². The number of ether oxygens (including phenoxy) is 1. The van der Waals surface area contributed by atoms with Crippen molar-refractivity contribution in [1.82, 2.24) is 0 Å². The first-order valence-corrected chi connectivity index (χ1v) is 6.80. The number of rotatable bonds is 4. The molecule has 0 radical (unpaired) electrons. The van der Waals surface area contributed by atoms with Crippen molar-refractivity contribution in [2.75, 3.05) is 11.4 Å². The largest absolute Gasteiger partial charge is 0.458 e. The van der Waals surface area contributed by atoms with Crippen molar-refractivity contribution >= 4 is 11.7 Å². The number of likely N-dealkylation sites (N-methyl/N-ethyl adjacent to an activating group) is 1. The summed E-state index contributed by atoms with van der Waals surface area (Å²) in [6.45, 7) is 12.4. The molecule has 3 nitrogen and oxygen atoms in total. The van der Waals surface area contributed by atoms with Crippen LogP contribution in [0.25, 0.3) is 0 Å². The average Bonchev–Trinajstić information content (AvgIpc) is 2.30. The molecule has 1 aromatic rings. The van der Waals surface area contributed by atoms with E-state index in [4.69, 9.17) is 4.74 Å². The molecule has 1 rings (SSSR count). The highest BCUT2D eigenvalue weighted by Gasteiger charge is 2.26. The molecule has 0 saturated heterocycles. The number of carbonyl (C=O) groups excluding carboxylic acids is 1. The van der Waals surface area contributed by atoms with Crippen LogP contribution >= 0.6 is 0 Å². The second-order valence-corrected chi connectivity index (χ2v) is 5.83. The number of anilines is 1. The van der Waals surface area contributed by atoms with Crippen LogP contribution in [0, 0.1) is 6.92 Å². The van der Waals surface area contributed by atoms with E-state index >= 15 is 0 Å². The van der Waals surface area contributed by atoms with Crippen LogP contribution in [0.2, 0.25) is 0 Å². The maximum Gasteiger partial charge on any atom is 0.328 e. The number of hydrogen-bond donors (Lipinski definition) is 0. The Hall–Kier alpha value is -1.51. The van der Waals surface area contributed by atoms with Gasteiger partial charge in [-0.05, 0) is 53.7 Å². The van der Waals surface area contributed by atoms with Crippen molar-refractivity contribution in [2.45, 2.75) is 53.2 Å². The van der Waals surface area contributed by atoms with Crippen LogP contribution in [-0.4, -0.2) is 24.2 Å². The van der Waals surface area contributed by atoms with Gasteiger partial charge in [0.1, 0.15) is 11.6 Å². The Bertz CT molecular complexity index is 417. The number of aryl methyl sites for hydroxylation is 1. The molecule has 0 aliphatic heterocycles. The fraction of sp³-hybridized carbons (Fsp3) is 0.562. The van der Waals surface area contributed by atoms with Gasteiger partial charge in [-0.1, -0.05) is 17.7 Å². The van der Waals surface area contributed by atoms with E-state index in [1.165, 1.54) is 5.56 Å². The van der Waals surface area contributed by atoms with Crippen LogP contribution in [0.3, 0.4) is 0 Å². The third-order valence-corrected chi connectivity index (χ3v) is 2.92. The smallest absolute Gasteiger partial charge is 0.328 e. The Morgan fingerprint density at radius 1 is 1.26 bits per heavy atom. The molecule has 106 valence electrons. The summed E-state index contributed by atoms with van der Waals surface area (Å²) in [5.41, 5.74) is 1.81. The summed E-state index contributed by atoms with van der Waals surface area (Å²) in [4.78, 5) is 14.2. The molecule has 0 heterocycles. The fourth-order valence-corrected chi connectivity index (χ4v) is 1.93. The molecule has 0 bridgehead atoms. The summed E-state index contributed by atoms with van der Waals surface area (Å²) in [6, 6.07) is 7.91. The number of nitrogens with zero attached hydrogens (tertiary/aromatic N) is 1. The van der Waals surface area contributed by atoms with Gasteiger partial charge in [-0.3, -0.25) is 0 Å². The molecule has 0 fully saturated rings. The van der Waals surface area contributed by atoms with Gasteiger partial charge in [0.25, 0.3) is 0 Å². The van der Waals surface area contributed by atoms with E-state index in [2.05, 4.69) is 19.1 Å². The lowest BCUT2D eigenvalue weighted by Crippen LogP contribution is -2.42. The quantitative estimate of drug-likeness (QED) is 0.778. The Morgan fingerprint density at radius 2 is 1.79 bits per heavy atom. The Kier molecular flexibility index (Phi) is 4.98. The zero-order valence-electron chi connectivity index (χ0n) is 12.9. The molecule has 1 atom stereocenters.